The van der Waals surface area contributed by atoms with Gasteiger partial charge in [0.15, 0.2) is 0 Å². The summed E-state index contributed by atoms with van der Waals surface area (Å²) in [5.74, 6) is 1.47. The summed E-state index contributed by atoms with van der Waals surface area (Å²) in [5, 5.41) is 1.79. The molecule has 0 atom stereocenters. The van der Waals surface area contributed by atoms with Gasteiger partial charge in [-0.05, 0) is 49.4 Å². The predicted octanol–water partition coefficient (Wildman–Crippen LogP) is 3.31. The van der Waals surface area contributed by atoms with Crippen LogP contribution in [0.3, 0.4) is 0 Å². The molecular formula is C25H27N5O3S. The van der Waals surface area contributed by atoms with Crippen molar-refractivity contribution in [2.45, 2.75) is 32.2 Å². The number of nitrogens with zero attached hydrogens (tertiary/aromatic N) is 3. The minimum atomic E-state index is -0.0105. The van der Waals surface area contributed by atoms with Gasteiger partial charge < -0.3 is 19.6 Å². The Morgan fingerprint density at radius 3 is 2.76 bits per heavy atom. The zero-order valence-corrected chi connectivity index (χ0v) is 20.0. The molecule has 0 unspecified atom stereocenters. The molecule has 8 nitrogen and oxygen atoms in total. The summed E-state index contributed by atoms with van der Waals surface area (Å²) in [7, 11) is 1.63. The predicted molar refractivity (Wildman–Crippen MR) is 133 cm³/mol. The monoisotopic (exact) mass is 477 g/mol. The van der Waals surface area contributed by atoms with E-state index in [2.05, 4.69) is 14.9 Å². The third-order valence-corrected chi connectivity index (χ3v) is 8.15. The summed E-state index contributed by atoms with van der Waals surface area (Å²) in [4.78, 5) is 43.3. The Labute approximate surface area is 200 Å². The van der Waals surface area contributed by atoms with Crippen LogP contribution in [0.4, 0.5) is 0 Å². The molecule has 4 heterocycles. The highest BCUT2D eigenvalue weighted by Gasteiger charge is 2.25. The first-order valence-electron chi connectivity index (χ1n) is 11.8. The zero-order chi connectivity index (χ0) is 23.2. The van der Waals surface area contributed by atoms with Crippen LogP contribution >= 0.6 is 11.3 Å². The quantitative estimate of drug-likeness (QED) is 0.470. The van der Waals surface area contributed by atoms with Gasteiger partial charge in [-0.15, -0.1) is 11.3 Å². The molecule has 0 spiro atoms. The number of aromatic amines is 2. The van der Waals surface area contributed by atoms with Gasteiger partial charge in [0.1, 0.15) is 22.1 Å². The minimum absolute atomic E-state index is 0.00642. The largest absolute Gasteiger partial charge is 0.497 e. The van der Waals surface area contributed by atoms with Crippen LogP contribution in [0.5, 0.6) is 5.75 Å². The molecule has 6 rings (SSSR count). The van der Waals surface area contributed by atoms with Crippen LogP contribution < -0.4 is 10.3 Å². The SMILES string of the molecule is COc1ccc2cc(C(=O)N3CCN(Cc4nc5sc6c(c5c(=O)[nH]4)CCCC6)CC3)[nH]c2c1. The number of carbonyl (C=O) groups is 1. The van der Waals surface area contributed by atoms with Gasteiger partial charge in [-0.25, -0.2) is 4.98 Å². The summed E-state index contributed by atoms with van der Waals surface area (Å²) >= 11 is 1.68. The number of aromatic nitrogens is 3. The van der Waals surface area contributed by atoms with Crippen molar-refractivity contribution in [1.82, 2.24) is 24.8 Å². The highest BCUT2D eigenvalue weighted by molar-refractivity contribution is 7.18. The Hall–Kier alpha value is -3.17. The number of hydrogen-bond donors (Lipinski definition) is 2. The van der Waals surface area contributed by atoms with E-state index >= 15 is 0 Å². The molecule has 1 aliphatic heterocycles. The van der Waals surface area contributed by atoms with Crippen LogP contribution in [0.1, 0.15) is 39.6 Å². The van der Waals surface area contributed by atoms with E-state index in [1.165, 1.54) is 16.9 Å². The van der Waals surface area contributed by atoms with E-state index in [0.717, 1.165) is 59.2 Å². The maximum Gasteiger partial charge on any atom is 0.270 e. The van der Waals surface area contributed by atoms with Crippen molar-refractivity contribution in [2.75, 3.05) is 33.3 Å². The van der Waals surface area contributed by atoms with Gasteiger partial charge in [-0.1, -0.05) is 0 Å². The second-order valence-corrected chi connectivity index (χ2v) is 10.2. The Kier molecular flexibility index (Phi) is 5.38. The molecule has 1 aliphatic carbocycles. The third-order valence-electron chi connectivity index (χ3n) is 6.97. The van der Waals surface area contributed by atoms with Gasteiger partial charge in [-0.2, -0.15) is 0 Å². The van der Waals surface area contributed by atoms with Gasteiger partial charge in [0, 0.05) is 48.0 Å². The van der Waals surface area contributed by atoms with E-state index < -0.39 is 0 Å². The second kappa shape index (κ2) is 8.56. The summed E-state index contributed by atoms with van der Waals surface area (Å²) in [6, 6.07) is 7.64. The summed E-state index contributed by atoms with van der Waals surface area (Å²) in [5.41, 5.74) is 2.69. The van der Waals surface area contributed by atoms with Crippen LogP contribution in [-0.4, -0.2) is 63.9 Å². The molecule has 1 aromatic carbocycles. The summed E-state index contributed by atoms with van der Waals surface area (Å²) in [6.07, 6.45) is 4.39. The molecule has 1 amide bonds. The number of methoxy groups -OCH3 is 1. The highest BCUT2D eigenvalue weighted by Crippen LogP contribution is 2.33. The van der Waals surface area contributed by atoms with Crippen LogP contribution in [0.25, 0.3) is 21.1 Å². The first-order valence-corrected chi connectivity index (χ1v) is 12.6. The number of H-pyrrole nitrogens is 2. The van der Waals surface area contributed by atoms with Crippen molar-refractivity contribution in [3.8, 4) is 5.75 Å². The number of hydrogen-bond acceptors (Lipinski definition) is 6. The molecule has 1 fully saturated rings. The van der Waals surface area contributed by atoms with Gasteiger partial charge in [-0.3, -0.25) is 14.5 Å². The molecule has 0 radical (unpaired) electrons. The Morgan fingerprint density at radius 2 is 1.94 bits per heavy atom. The maximum atomic E-state index is 13.1. The zero-order valence-electron chi connectivity index (χ0n) is 19.1. The van der Waals surface area contributed by atoms with E-state index in [1.54, 1.807) is 18.4 Å². The number of carbonyl (C=O) groups excluding carboxylic acids is 1. The van der Waals surface area contributed by atoms with Crippen LogP contribution in [0.15, 0.2) is 29.1 Å². The van der Waals surface area contributed by atoms with Crippen LogP contribution in [0.2, 0.25) is 0 Å². The van der Waals surface area contributed by atoms with Crippen molar-refractivity contribution in [3.05, 3.63) is 56.6 Å². The number of ether oxygens (including phenoxy) is 1. The number of thiophene rings is 1. The normalized spacial score (nSPS) is 16.8. The fraction of sp³-hybridized carbons (Fsp3) is 0.400. The summed E-state index contributed by atoms with van der Waals surface area (Å²) < 4.78 is 5.27. The molecule has 2 N–H and O–H groups in total. The molecule has 0 bridgehead atoms. The van der Waals surface area contributed by atoms with Crippen LogP contribution in [-0.2, 0) is 19.4 Å². The standard InChI is InChI=1S/C25H27N5O3S/c1-33-16-7-6-15-12-19(26-18(15)13-16)25(32)30-10-8-29(9-11-30)14-21-27-23(31)22-17-4-2-3-5-20(17)34-24(22)28-21/h6-7,12-13,26H,2-5,8-11,14H2,1H3,(H,27,28,31). The molecule has 1 saturated heterocycles. The lowest BCUT2D eigenvalue weighted by molar-refractivity contribution is 0.0620. The number of rotatable bonds is 4. The molecule has 176 valence electrons. The fourth-order valence-corrected chi connectivity index (χ4v) is 6.40. The average Bonchev–Trinajstić information content (AvgIpc) is 3.45. The number of piperazine rings is 1. The molecule has 2 aliphatic rings. The Morgan fingerprint density at radius 1 is 1.12 bits per heavy atom. The minimum Gasteiger partial charge on any atom is -0.497 e. The molecule has 0 saturated carbocycles. The molecule has 3 aromatic heterocycles. The number of benzene rings is 1. The number of nitrogens with one attached hydrogen (secondary N) is 2. The van der Waals surface area contributed by atoms with E-state index in [0.29, 0.717) is 31.2 Å². The van der Waals surface area contributed by atoms with Crippen molar-refractivity contribution in [2.24, 2.45) is 0 Å². The molecule has 9 heteroatoms. The van der Waals surface area contributed by atoms with E-state index in [1.807, 2.05) is 29.2 Å². The molecule has 4 aromatic rings. The first-order chi connectivity index (χ1) is 16.6. The smallest absolute Gasteiger partial charge is 0.270 e. The van der Waals surface area contributed by atoms with E-state index in [-0.39, 0.29) is 11.5 Å². The van der Waals surface area contributed by atoms with Gasteiger partial charge in [0.2, 0.25) is 0 Å². The van der Waals surface area contributed by atoms with E-state index in [4.69, 9.17) is 9.72 Å². The second-order valence-electron chi connectivity index (χ2n) is 9.11. The highest BCUT2D eigenvalue weighted by atomic mass is 32.1. The lowest BCUT2D eigenvalue weighted by atomic mass is 9.97. The lowest BCUT2D eigenvalue weighted by Gasteiger charge is -2.34. The van der Waals surface area contributed by atoms with Crippen molar-refractivity contribution in [3.63, 3.8) is 0 Å². The van der Waals surface area contributed by atoms with Gasteiger partial charge in [0.25, 0.3) is 11.5 Å². The number of amides is 1. The molecular weight excluding hydrogens is 450 g/mol. The number of aryl methyl sites for hydroxylation is 2. The van der Waals surface area contributed by atoms with Crippen LogP contribution in [0, 0.1) is 0 Å². The van der Waals surface area contributed by atoms with Crippen molar-refractivity contribution >= 4 is 38.4 Å². The Bertz CT molecular complexity index is 1440. The third kappa shape index (κ3) is 3.78. The average molecular weight is 478 g/mol. The van der Waals surface area contributed by atoms with Crippen molar-refractivity contribution in [1.29, 1.82) is 0 Å². The van der Waals surface area contributed by atoms with Crippen molar-refractivity contribution < 1.29 is 9.53 Å². The first kappa shape index (κ1) is 21.4. The molecule has 34 heavy (non-hydrogen) atoms. The van der Waals surface area contributed by atoms with Gasteiger partial charge in [0.05, 0.1) is 19.0 Å². The maximum absolute atomic E-state index is 13.1. The fourth-order valence-electron chi connectivity index (χ4n) is 5.12. The van der Waals surface area contributed by atoms with Gasteiger partial charge >= 0.3 is 0 Å². The lowest BCUT2D eigenvalue weighted by Crippen LogP contribution is -2.48. The Balaban J connectivity index is 1.13. The summed E-state index contributed by atoms with van der Waals surface area (Å²) in [6.45, 7) is 3.33. The number of fused-ring (bicyclic) bond motifs is 4. The topological polar surface area (TPSA) is 94.3 Å². The van der Waals surface area contributed by atoms with E-state index in [9.17, 15) is 9.59 Å².